The molecule has 0 saturated heterocycles. The highest BCUT2D eigenvalue weighted by Gasteiger charge is 2.18. The number of aryl methyl sites for hydroxylation is 2. The van der Waals surface area contributed by atoms with Crippen molar-refractivity contribution in [2.45, 2.75) is 38.3 Å². The zero-order valence-electron chi connectivity index (χ0n) is 12.3. The van der Waals surface area contributed by atoms with E-state index in [4.69, 9.17) is 0 Å². The summed E-state index contributed by atoms with van der Waals surface area (Å²) in [6.45, 7) is 4.70. The van der Waals surface area contributed by atoms with E-state index in [-0.39, 0.29) is 5.91 Å². The quantitative estimate of drug-likeness (QED) is 0.852. The first-order chi connectivity index (χ1) is 10.1. The highest BCUT2D eigenvalue weighted by atomic mass is 32.2. The Morgan fingerprint density at radius 2 is 2.24 bits per heavy atom. The van der Waals surface area contributed by atoms with Gasteiger partial charge in [-0.05, 0) is 38.7 Å². The number of nitrogens with one attached hydrogen (secondary N) is 1. The summed E-state index contributed by atoms with van der Waals surface area (Å²) in [4.78, 5) is 20.5. The third-order valence-electron chi connectivity index (χ3n) is 3.74. The molecule has 0 aliphatic heterocycles. The summed E-state index contributed by atoms with van der Waals surface area (Å²) in [6.07, 6.45) is 3.78. The summed E-state index contributed by atoms with van der Waals surface area (Å²) in [5.74, 6) is 1.67. The summed E-state index contributed by atoms with van der Waals surface area (Å²) in [5, 5.41) is 7.94. The van der Waals surface area contributed by atoms with Gasteiger partial charge in [0.15, 0.2) is 0 Å². The summed E-state index contributed by atoms with van der Waals surface area (Å²) in [6, 6.07) is 1.96. The fraction of sp³-hybridized carbons (Fsp3) is 0.571. The molecule has 2 aromatic heterocycles. The first kappa shape index (κ1) is 14.3. The fourth-order valence-electron chi connectivity index (χ4n) is 2.35. The summed E-state index contributed by atoms with van der Waals surface area (Å²) < 4.78 is 1.71. The molecular formula is C14H19N5OS. The molecule has 0 radical (unpaired) electrons. The van der Waals surface area contributed by atoms with Gasteiger partial charge in [0.05, 0.1) is 5.75 Å². The van der Waals surface area contributed by atoms with Gasteiger partial charge in [0.25, 0.3) is 5.78 Å². The molecule has 0 spiro atoms. The third-order valence-corrected chi connectivity index (χ3v) is 4.58. The van der Waals surface area contributed by atoms with Gasteiger partial charge in [0.2, 0.25) is 11.1 Å². The largest absolute Gasteiger partial charge is 0.355 e. The van der Waals surface area contributed by atoms with Crippen molar-refractivity contribution in [1.29, 1.82) is 0 Å². The van der Waals surface area contributed by atoms with Crippen LogP contribution < -0.4 is 5.32 Å². The number of hydrogen-bond acceptors (Lipinski definition) is 5. The first-order valence-electron chi connectivity index (χ1n) is 7.22. The Labute approximate surface area is 127 Å². The molecule has 21 heavy (non-hydrogen) atoms. The monoisotopic (exact) mass is 305 g/mol. The van der Waals surface area contributed by atoms with Gasteiger partial charge >= 0.3 is 0 Å². The van der Waals surface area contributed by atoms with E-state index in [2.05, 4.69) is 20.4 Å². The van der Waals surface area contributed by atoms with Gasteiger partial charge in [-0.15, -0.1) is 5.10 Å². The lowest BCUT2D eigenvalue weighted by Gasteiger charge is -2.25. The van der Waals surface area contributed by atoms with Crippen molar-refractivity contribution in [2.75, 3.05) is 12.3 Å². The number of fused-ring (bicyclic) bond motifs is 1. The molecular weight excluding hydrogens is 286 g/mol. The lowest BCUT2D eigenvalue weighted by atomic mass is 9.85. The van der Waals surface area contributed by atoms with Gasteiger partial charge in [-0.3, -0.25) is 4.79 Å². The molecule has 6 nitrogen and oxygen atoms in total. The van der Waals surface area contributed by atoms with E-state index in [0.717, 1.165) is 17.9 Å². The first-order valence-corrected chi connectivity index (χ1v) is 8.21. The minimum absolute atomic E-state index is 0.0478. The van der Waals surface area contributed by atoms with Gasteiger partial charge in [-0.2, -0.15) is 4.98 Å². The Hall–Kier alpha value is -1.63. The van der Waals surface area contributed by atoms with Crippen LogP contribution in [0.4, 0.5) is 0 Å². The van der Waals surface area contributed by atoms with Gasteiger partial charge in [0.1, 0.15) is 0 Å². The molecule has 7 heteroatoms. The standard InChI is InChI=1S/C14H19N5OS/c1-9-6-10(2)19-13(16-9)17-14(18-19)21-8-12(20)15-7-11-4-3-5-11/h6,11H,3-5,7-8H2,1-2H3,(H,15,20). The van der Waals surface area contributed by atoms with E-state index in [1.807, 2.05) is 19.9 Å². The molecule has 1 fully saturated rings. The molecule has 1 saturated carbocycles. The maximum atomic E-state index is 11.8. The van der Waals surface area contributed by atoms with E-state index in [1.54, 1.807) is 4.52 Å². The number of nitrogens with zero attached hydrogens (tertiary/aromatic N) is 4. The minimum Gasteiger partial charge on any atom is -0.355 e. The van der Waals surface area contributed by atoms with Gasteiger partial charge in [-0.25, -0.2) is 9.50 Å². The van der Waals surface area contributed by atoms with Crippen LogP contribution in [0.3, 0.4) is 0 Å². The van der Waals surface area contributed by atoms with Crippen LogP contribution in [0.5, 0.6) is 0 Å². The molecule has 3 rings (SSSR count). The number of rotatable bonds is 5. The number of thioether (sulfide) groups is 1. The van der Waals surface area contributed by atoms with E-state index in [1.165, 1.54) is 31.0 Å². The topological polar surface area (TPSA) is 72.2 Å². The lowest BCUT2D eigenvalue weighted by Crippen LogP contribution is -2.33. The molecule has 0 unspecified atom stereocenters. The molecule has 0 bridgehead atoms. The van der Waals surface area contributed by atoms with Crippen molar-refractivity contribution in [1.82, 2.24) is 24.9 Å². The van der Waals surface area contributed by atoms with Crippen molar-refractivity contribution in [3.05, 3.63) is 17.5 Å². The molecule has 1 amide bonds. The predicted molar refractivity (Wildman–Crippen MR) is 81.3 cm³/mol. The van der Waals surface area contributed by atoms with E-state index in [0.29, 0.717) is 22.6 Å². The average molecular weight is 305 g/mol. The van der Waals surface area contributed by atoms with Crippen LogP contribution >= 0.6 is 11.8 Å². The smallest absolute Gasteiger partial charge is 0.253 e. The maximum absolute atomic E-state index is 11.8. The van der Waals surface area contributed by atoms with E-state index in [9.17, 15) is 4.79 Å². The van der Waals surface area contributed by atoms with Crippen LogP contribution in [-0.2, 0) is 4.79 Å². The van der Waals surface area contributed by atoms with Crippen molar-refractivity contribution in [3.8, 4) is 0 Å². The third kappa shape index (κ3) is 3.34. The number of aromatic nitrogens is 4. The molecule has 1 aliphatic carbocycles. The van der Waals surface area contributed by atoms with E-state index < -0.39 is 0 Å². The predicted octanol–water partition coefficient (Wildman–Crippen LogP) is 1.75. The Kier molecular flexibility index (Phi) is 4.10. The zero-order valence-corrected chi connectivity index (χ0v) is 13.1. The lowest BCUT2D eigenvalue weighted by molar-refractivity contribution is -0.118. The second-order valence-electron chi connectivity index (χ2n) is 5.53. The van der Waals surface area contributed by atoms with Crippen LogP contribution in [0.15, 0.2) is 11.2 Å². The maximum Gasteiger partial charge on any atom is 0.253 e. The summed E-state index contributed by atoms with van der Waals surface area (Å²) in [7, 11) is 0. The summed E-state index contributed by atoms with van der Waals surface area (Å²) in [5.41, 5.74) is 1.91. The number of amides is 1. The van der Waals surface area contributed by atoms with Crippen LogP contribution in [0, 0.1) is 19.8 Å². The van der Waals surface area contributed by atoms with Crippen LogP contribution in [0.25, 0.3) is 5.78 Å². The molecule has 0 atom stereocenters. The van der Waals surface area contributed by atoms with Crippen molar-refractivity contribution >= 4 is 23.4 Å². The molecule has 2 heterocycles. The van der Waals surface area contributed by atoms with Crippen molar-refractivity contribution in [2.24, 2.45) is 5.92 Å². The van der Waals surface area contributed by atoms with Crippen molar-refractivity contribution < 1.29 is 4.79 Å². The highest BCUT2D eigenvalue weighted by Crippen LogP contribution is 2.25. The fourth-order valence-corrected chi connectivity index (χ4v) is 2.99. The second kappa shape index (κ2) is 6.01. The molecule has 1 N–H and O–H groups in total. The Bertz CT molecular complexity index is 665. The zero-order chi connectivity index (χ0) is 14.8. The molecule has 1 aliphatic rings. The molecule has 0 aromatic carbocycles. The Morgan fingerprint density at radius 3 is 2.95 bits per heavy atom. The Balaban J connectivity index is 1.57. The van der Waals surface area contributed by atoms with Gasteiger partial charge in [-0.1, -0.05) is 18.2 Å². The number of carbonyl (C=O) groups is 1. The highest BCUT2D eigenvalue weighted by molar-refractivity contribution is 7.99. The summed E-state index contributed by atoms with van der Waals surface area (Å²) >= 11 is 1.35. The van der Waals surface area contributed by atoms with Gasteiger partial charge in [0, 0.05) is 17.9 Å². The SMILES string of the molecule is Cc1cc(C)n2nc(SCC(=O)NCC3CCC3)nc2n1. The number of hydrogen-bond donors (Lipinski definition) is 1. The average Bonchev–Trinajstić information content (AvgIpc) is 2.77. The van der Waals surface area contributed by atoms with Crippen molar-refractivity contribution in [3.63, 3.8) is 0 Å². The normalized spacial score (nSPS) is 15.1. The van der Waals surface area contributed by atoms with E-state index >= 15 is 0 Å². The minimum atomic E-state index is 0.0478. The second-order valence-corrected chi connectivity index (χ2v) is 6.48. The van der Waals surface area contributed by atoms with Crippen LogP contribution in [-0.4, -0.2) is 37.8 Å². The van der Waals surface area contributed by atoms with Gasteiger partial charge < -0.3 is 5.32 Å². The molecule has 2 aromatic rings. The van der Waals surface area contributed by atoms with Crippen LogP contribution in [0.2, 0.25) is 0 Å². The van der Waals surface area contributed by atoms with Crippen LogP contribution in [0.1, 0.15) is 30.7 Å². The number of carbonyl (C=O) groups excluding carboxylic acids is 1. The molecule has 112 valence electrons. The Morgan fingerprint density at radius 1 is 1.43 bits per heavy atom.